The fourth-order valence-electron chi connectivity index (χ4n) is 3.56. The zero-order valence-corrected chi connectivity index (χ0v) is 21.2. The Balaban J connectivity index is 2.10. The number of carbonyl (C=O) groups is 2. The molecule has 0 fully saturated rings. The molecule has 0 aliphatic rings. The maximum atomic E-state index is 13.1. The van der Waals surface area contributed by atoms with Crippen LogP contribution in [0.5, 0.6) is 5.75 Å². The number of nitrogens with one attached hydrogen (secondary N) is 2. The highest BCUT2D eigenvalue weighted by Gasteiger charge is 2.37. The maximum Gasteiger partial charge on any atom is 0.416 e. The van der Waals surface area contributed by atoms with Gasteiger partial charge in [0.2, 0.25) is 5.91 Å². The van der Waals surface area contributed by atoms with Gasteiger partial charge in [-0.25, -0.2) is 0 Å². The molecule has 2 aromatic rings. The molecular formula is C27H28F6N3O3-. The highest BCUT2D eigenvalue weighted by molar-refractivity contribution is 6.47. The van der Waals surface area contributed by atoms with Crippen molar-refractivity contribution in [1.82, 2.24) is 10.6 Å². The number of aryl methyl sites for hydroxylation is 1. The van der Waals surface area contributed by atoms with Gasteiger partial charge in [-0.15, -0.1) is 0 Å². The molecule has 39 heavy (non-hydrogen) atoms. The Morgan fingerprint density at radius 1 is 0.923 bits per heavy atom. The van der Waals surface area contributed by atoms with E-state index in [0.717, 1.165) is 36.8 Å². The Morgan fingerprint density at radius 2 is 1.54 bits per heavy atom. The molecule has 0 saturated heterocycles. The van der Waals surface area contributed by atoms with Crippen molar-refractivity contribution in [2.45, 2.75) is 51.1 Å². The van der Waals surface area contributed by atoms with E-state index in [1.54, 1.807) is 0 Å². The summed E-state index contributed by atoms with van der Waals surface area (Å²) in [6.07, 6.45) is -8.06. The lowest BCUT2D eigenvalue weighted by molar-refractivity contribution is -0.138. The number of nitrogens with zero attached hydrogens (tertiary/aromatic N) is 1. The number of allylic oxidation sites excluding steroid dienone is 1. The van der Waals surface area contributed by atoms with Gasteiger partial charge in [0.1, 0.15) is 5.75 Å². The van der Waals surface area contributed by atoms with E-state index in [2.05, 4.69) is 10.6 Å². The van der Waals surface area contributed by atoms with Crippen LogP contribution in [-0.2, 0) is 22.2 Å². The molecule has 0 aromatic heterocycles. The molecular weight excluding hydrogens is 528 g/mol. The first-order chi connectivity index (χ1) is 18.2. The predicted molar refractivity (Wildman–Crippen MR) is 134 cm³/mol. The second kappa shape index (κ2) is 13.3. The number of benzene rings is 2. The number of amides is 2. The van der Waals surface area contributed by atoms with Gasteiger partial charge < -0.3 is 20.8 Å². The van der Waals surface area contributed by atoms with Gasteiger partial charge in [0.05, 0.1) is 5.56 Å². The van der Waals surface area contributed by atoms with Crippen LogP contribution in [0.15, 0.2) is 66.2 Å². The van der Waals surface area contributed by atoms with Crippen molar-refractivity contribution in [3.05, 3.63) is 82.8 Å². The summed E-state index contributed by atoms with van der Waals surface area (Å²) in [7, 11) is 0. The van der Waals surface area contributed by atoms with Crippen molar-refractivity contribution in [2.75, 3.05) is 13.1 Å². The highest BCUT2D eigenvalue weighted by Crippen LogP contribution is 2.31. The summed E-state index contributed by atoms with van der Waals surface area (Å²) >= 11 is 0. The molecule has 2 N–H and O–H groups in total. The largest absolute Gasteiger partial charge is 0.799 e. The number of hydrogen-bond acceptors (Lipinski definition) is 3. The first-order valence-corrected chi connectivity index (χ1v) is 11.9. The molecule has 0 aliphatic carbocycles. The van der Waals surface area contributed by atoms with Crippen molar-refractivity contribution < 1.29 is 40.7 Å². The topological polar surface area (TPSA) is 89.7 Å². The van der Waals surface area contributed by atoms with Crippen LogP contribution in [-0.4, -0.2) is 42.4 Å². The molecule has 1 unspecified atom stereocenters. The summed E-state index contributed by atoms with van der Waals surface area (Å²) < 4.78 is 83.4. The second-order valence-corrected chi connectivity index (χ2v) is 8.75. The van der Waals surface area contributed by atoms with Crippen LogP contribution < -0.4 is 15.4 Å². The Hall–Kier alpha value is -3.83. The molecule has 12 heteroatoms. The predicted octanol–water partition coefficient (Wildman–Crippen LogP) is 5.62. The fraction of sp³-hybridized carbons (Fsp3) is 0.370. The molecule has 2 aromatic carbocycles. The molecule has 0 spiro atoms. The number of alkyl halides is 6. The molecule has 1 atom stereocenters. The lowest BCUT2D eigenvalue weighted by Crippen LogP contribution is -2.51. The molecule has 0 aliphatic heterocycles. The van der Waals surface area contributed by atoms with E-state index >= 15 is 0 Å². The lowest BCUT2D eigenvalue weighted by atomic mass is 10.00. The van der Waals surface area contributed by atoms with Crippen LogP contribution in [0.1, 0.15) is 37.8 Å². The van der Waals surface area contributed by atoms with Gasteiger partial charge in [0, 0.05) is 25.1 Å². The van der Waals surface area contributed by atoms with Crippen molar-refractivity contribution in [3.8, 4) is 5.75 Å². The number of halogens is 6. The normalized spacial score (nSPS) is 13.8. The Kier molecular flexibility index (Phi) is 10.7. The van der Waals surface area contributed by atoms with Crippen LogP contribution in [0.25, 0.3) is 5.41 Å². The summed E-state index contributed by atoms with van der Waals surface area (Å²) in [5.74, 6) is -2.14. The van der Waals surface area contributed by atoms with Gasteiger partial charge in [-0.2, -0.15) is 26.3 Å². The van der Waals surface area contributed by atoms with Gasteiger partial charge in [0.25, 0.3) is 5.91 Å². The molecule has 0 saturated carbocycles. The van der Waals surface area contributed by atoms with Gasteiger partial charge in [-0.3, -0.25) is 9.59 Å². The molecule has 2 amide bonds. The minimum absolute atomic E-state index is 0.0704. The Morgan fingerprint density at radius 3 is 2.08 bits per heavy atom. The van der Waals surface area contributed by atoms with Crippen LogP contribution in [0.2, 0.25) is 0 Å². The Labute approximate surface area is 221 Å². The average Bonchev–Trinajstić information content (AvgIpc) is 2.86. The zero-order chi connectivity index (χ0) is 29.3. The second-order valence-electron chi connectivity index (χ2n) is 8.75. The van der Waals surface area contributed by atoms with E-state index in [1.807, 2.05) is 30.3 Å². The molecule has 0 heterocycles. The summed E-state index contributed by atoms with van der Waals surface area (Å²) in [5, 5.41) is 14.5. The van der Waals surface area contributed by atoms with E-state index in [4.69, 9.17) is 4.74 Å². The van der Waals surface area contributed by atoms with Crippen LogP contribution in [0, 0.1) is 0 Å². The molecule has 212 valence electrons. The Bertz CT molecular complexity index is 1160. The standard InChI is InChI=1S/C27H28F6N3O3/c1-3-21(27(31,32)33)22(34)23(37)35-17-15-25(2,39-20-13-11-19(12-14-20)26(28,29)30)24(38)36-16-7-10-18-8-5-4-6-9-18/h3-6,8-9,11-14H,7,10,15-17H2,1-2H3,(H,35,37)(H,36,38)/q-1/b21-3+. The van der Waals surface area contributed by atoms with Gasteiger partial charge >= 0.3 is 12.4 Å². The van der Waals surface area contributed by atoms with E-state index < -0.39 is 53.2 Å². The van der Waals surface area contributed by atoms with Crippen molar-refractivity contribution in [2.24, 2.45) is 0 Å². The molecule has 0 bridgehead atoms. The van der Waals surface area contributed by atoms with Gasteiger partial charge in [0.15, 0.2) is 5.60 Å². The first kappa shape index (κ1) is 31.4. The van der Waals surface area contributed by atoms with Crippen LogP contribution in [0.3, 0.4) is 0 Å². The molecule has 6 nitrogen and oxygen atoms in total. The third-order valence-electron chi connectivity index (χ3n) is 5.73. The smallest absolute Gasteiger partial charge is 0.416 e. The summed E-state index contributed by atoms with van der Waals surface area (Å²) in [6, 6.07) is 13.1. The lowest BCUT2D eigenvalue weighted by Gasteiger charge is -2.30. The third-order valence-corrected chi connectivity index (χ3v) is 5.73. The van der Waals surface area contributed by atoms with Crippen LogP contribution >= 0.6 is 0 Å². The summed E-state index contributed by atoms with van der Waals surface area (Å²) in [6.45, 7) is 2.17. The number of carbonyl (C=O) groups excluding carboxylic acids is 2. The van der Waals surface area contributed by atoms with Gasteiger partial charge in [-0.05, 0) is 56.5 Å². The molecule has 0 radical (unpaired) electrons. The van der Waals surface area contributed by atoms with E-state index in [9.17, 15) is 41.3 Å². The van der Waals surface area contributed by atoms with E-state index in [0.29, 0.717) is 18.9 Å². The van der Waals surface area contributed by atoms with Crippen molar-refractivity contribution >= 4 is 17.5 Å². The minimum atomic E-state index is -4.96. The fourth-order valence-corrected chi connectivity index (χ4v) is 3.56. The average molecular weight is 557 g/mol. The van der Waals surface area contributed by atoms with Crippen LogP contribution in [0.4, 0.5) is 26.3 Å². The third kappa shape index (κ3) is 9.45. The number of ether oxygens (including phenoxy) is 1. The SMILES string of the molecule is C/C=C(\C(=[N-])C(=O)NCCC(C)(Oc1ccc(C(F)(F)F)cc1)C(=O)NCCCc1ccccc1)C(F)(F)F. The highest BCUT2D eigenvalue weighted by atomic mass is 19.4. The number of rotatable bonds is 12. The minimum Gasteiger partial charge on any atom is -0.799 e. The monoisotopic (exact) mass is 556 g/mol. The maximum absolute atomic E-state index is 13.1. The summed E-state index contributed by atoms with van der Waals surface area (Å²) in [5.41, 5.74) is -4.68. The summed E-state index contributed by atoms with van der Waals surface area (Å²) in [4.78, 5) is 25.2. The zero-order valence-electron chi connectivity index (χ0n) is 21.2. The molecule has 2 rings (SSSR count). The van der Waals surface area contributed by atoms with Crippen molar-refractivity contribution in [1.29, 1.82) is 0 Å². The van der Waals surface area contributed by atoms with Crippen molar-refractivity contribution in [3.63, 3.8) is 0 Å². The van der Waals surface area contributed by atoms with Gasteiger partial charge in [-0.1, -0.05) is 42.1 Å². The first-order valence-electron chi connectivity index (χ1n) is 11.9. The van der Waals surface area contributed by atoms with E-state index in [-0.39, 0.29) is 18.7 Å². The number of hydrogen-bond donors (Lipinski definition) is 2. The van der Waals surface area contributed by atoms with E-state index in [1.165, 1.54) is 6.92 Å². The quantitative estimate of drug-likeness (QED) is 0.202.